The summed E-state index contributed by atoms with van der Waals surface area (Å²) in [5.41, 5.74) is 1.27. The molecule has 1 N–H and O–H groups in total. The van der Waals surface area contributed by atoms with Crippen molar-refractivity contribution < 1.29 is 14.6 Å². The van der Waals surface area contributed by atoms with Crippen LogP contribution in [0.3, 0.4) is 0 Å². The predicted octanol–water partition coefficient (Wildman–Crippen LogP) is 4.09. The predicted molar refractivity (Wildman–Crippen MR) is 86.1 cm³/mol. The quantitative estimate of drug-likeness (QED) is 0.746. The van der Waals surface area contributed by atoms with Gasteiger partial charge in [-0.2, -0.15) is 11.8 Å². The van der Waals surface area contributed by atoms with Gasteiger partial charge in [-0.25, -0.2) is 4.79 Å². The lowest BCUT2D eigenvalue weighted by atomic mass is 10.1. The minimum atomic E-state index is -0.862. The summed E-state index contributed by atoms with van der Waals surface area (Å²) in [5, 5.41) is 9.10. The fraction of sp³-hybridized carbons (Fsp3) is 0.235. The Morgan fingerprint density at radius 1 is 1.05 bits per heavy atom. The molecule has 2 rings (SSSR count). The summed E-state index contributed by atoms with van der Waals surface area (Å²) >= 11 is 1.73. The lowest BCUT2D eigenvalue weighted by Crippen LogP contribution is -2.02. The molecule has 0 atom stereocenters. The van der Waals surface area contributed by atoms with E-state index < -0.39 is 5.97 Å². The number of ether oxygens (including phenoxy) is 1. The molecule has 0 amide bonds. The molecular formula is C17H18O3S. The van der Waals surface area contributed by atoms with Gasteiger partial charge in [-0.15, -0.1) is 0 Å². The molecule has 0 fully saturated rings. The number of hydrogen-bond acceptors (Lipinski definition) is 3. The molecule has 0 saturated carbocycles. The fourth-order valence-corrected chi connectivity index (χ4v) is 2.84. The van der Waals surface area contributed by atoms with E-state index in [0.717, 1.165) is 23.5 Å². The minimum Gasteiger partial charge on any atom is -0.494 e. The zero-order valence-corrected chi connectivity index (χ0v) is 12.5. The van der Waals surface area contributed by atoms with Crippen molar-refractivity contribution >= 4 is 17.7 Å². The number of rotatable bonds is 8. The number of benzene rings is 2. The van der Waals surface area contributed by atoms with E-state index >= 15 is 0 Å². The molecule has 2 aromatic carbocycles. The van der Waals surface area contributed by atoms with E-state index in [0.29, 0.717) is 17.9 Å². The number of para-hydroxylation sites is 1. The molecule has 0 spiro atoms. The zero-order chi connectivity index (χ0) is 14.9. The van der Waals surface area contributed by atoms with Crippen molar-refractivity contribution in [2.45, 2.75) is 12.2 Å². The van der Waals surface area contributed by atoms with Gasteiger partial charge in [-0.3, -0.25) is 0 Å². The molecule has 0 aliphatic heterocycles. The van der Waals surface area contributed by atoms with E-state index in [1.807, 2.05) is 42.5 Å². The molecule has 110 valence electrons. The van der Waals surface area contributed by atoms with Gasteiger partial charge in [0.05, 0.1) is 12.2 Å². The number of hydrogen-bond donors (Lipinski definition) is 1. The first-order valence-corrected chi connectivity index (χ1v) is 7.99. The van der Waals surface area contributed by atoms with E-state index in [9.17, 15) is 4.79 Å². The van der Waals surface area contributed by atoms with Gasteiger partial charge in [0.2, 0.25) is 0 Å². The van der Waals surface area contributed by atoms with Crippen molar-refractivity contribution in [1.29, 1.82) is 0 Å². The van der Waals surface area contributed by atoms with Gasteiger partial charge in [0, 0.05) is 5.75 Å². The van der Waals surface area contributed by atoms with Gasteiger partial charge < -0.3 is 9.84 Å². The highest BCUT2D eigenvalue weighted by molar-refractivity contribution is 7.98. The SMILES string of the molecule is O=C(O)c1ccccc1CSCCCOc1ccccc1. The number of aromatic carboxylic acids is 1. The summed E-state index contributed by atoms with van der Waals surface area (Å²) in [7, 11) is 0. The van der Waals surface area contributed by atoms with E-state index in [1.54, 1.807) is 23.9 Å². The maximum absolute atomic E-state index is 11.1. The van der Waals surface area contributed by atoms with Gasteiger partial charge in [0.1, 0.15) is 5.75 Å². The minimum absolute atomic E-state index is 0.394. The summed E-state index contributed by atoms with van der Waals surface area (Å²) < 4.78 is 5.61. The number of carboxylic acid groups (broad SMARTS) is 1. The van der Waals surface area contributed by atoms with Crippen LogP contribution in [0.4, 0.5) is 0 Å². The number of thioether (sulfide) groups is 1. The molecular weight excluding hydrogens is 284 g/mol. The third-order valence-corrected chi connectivity index (χ3v) is 4.04. The third kappa shape index (κ3) is 5.16. The Balaban J connectivity index is 1.67. The molecule has 21 heavy (non-hydrogen) atoms. The van der Waals surface area contributed by atoms with Crippen LogP contribution < -0.4 is 4.74 Å². The molecule has 0 bridgehead atoms. The van der Waals surface area contributed by atoms with Crippen LogP contribution in [0.25, 0.3) is 0 Å². The Labute approximate surface area is 129 Å². The van der Waals surface area contributed by atoms with Crippen LogP contribution in [0, 0.1) is 0 Å². The number of carbonyl (C=O) groups is 1. The van der Waals surface area contributed by atoms with Gasteiger partial charge in [-0.1, -0.05) is 36.4 Å². The van der Waals surface area contributed by atoms with Gasteiger partial charge >= 0.3 is 5.97 Å². The van der Waals surface area contributed by atoms with Gasteiger partial charge in [0.15, 0.2) is 0 Å². The van der Waals surface area contributed by atoms with Gasteiger partial charge in [0.25, 0.3) is 0 Å². The Hall–Kier alpha value is -1.94. The summed E-state index contributed by atoms with van der Waals surface area (Å²) in [6.07, 6.45) is 0.939. The summed E-state index contributed by atoms with van der Waals surface area (Å²) in [5.74, 6) is 1.69. The first kappa shape index (κ1) is 15.4. The molecule has 3 nitrogen and oxygen atoms in total. The first-order chi connectivity index (χ1) is 10.3. The van der Waals surface area contributed by atoms with Crippen LogP contribution in [0.5, 0.6) is 5.75 Å². The fourth-order valence-electron chi connectivity index (χ4n) is 1.90. The lowest BCUT2D eigenvalue weighted by Gasteiger charge is -2.07. The van der Waals surface area contributed by atoms with Crippen LogP contribution in [-0.4, -0.2) is 23.4 Å². The van der Waals surface area contributed by atoms with Crippen molar-refractivity contribution in [1.82, 2.24) is 0 Å². The summed E-state index contributed by atoms with van der Waals surface area (Å²) in [6.45, 7) is 0.678. The maximum atomic E-state index is 11.1. The van der Waals surface area contributed by atoms with Crippen molar-refractivity contribution in [3.8, 4) is 5.75 Å². The van der Waals surface area contributed by atoms with Crippen LogP contribution in [0.15, 0.2) is 54.6 Å². The third-order valence-electron chi connectivity index (χ3n) is 2.95. The standard InChI is InChI=1S/C17H18O3S/c18-17(19)16-10-5-4-7-14(16)13-21-12-6-11-20-15-8-2-1-3-9-15/h1-5,7-10H,6,11-13H2,(H,18,19). The molecule has 4 heteroatoms. The molecule has 0 aliphatic carbocycles. The average Bonchev–Trinajstić information content (AvgIpc) is 2.52. The second-order valence-electron chi connectivity index (χ2n) is 4.53. The lowest BCUT2D eigenvalue weighted by molar-refractivity contribution is 0.0696. The Morgan fingerprint density at radius 2 is 1.76 bits per heavy atom. The monoisotopic (exact) mass is 302 g/mol. The van der Waals surface area contributed by atoms with Crippen LogP contribution in [0.2, 0.25) is 0 Å². The average molecular weight is 302 g/mol. The van der Waals surface area contributed by atoms with Crippen LogP contribution in [-0.2, 0) is 5.75 Å². The van der Waals surface area contributed by atoms with E-state index in [2.05, 4.69) is 0 Å². The van der Waals surface area contributed by atoms with E-state index in [-0.39, 0.29) is 0 Å². The summed E-state index contributed by atoms with van der Waals surface area (Å²) in [6, 6.07) is 16.9. The largest absolute Gasteiger partial charge is 0.494 e. The Morgan fingerprint density at radius 3 is 2.52 bits per heavy atom. The maximum Gasteiger partial charge on any atom is 0.335 e. The highest BCUT2D eigenvalue weighted by atomic mass is 32.2. The normalized spacial score (nSPS) is 10.3. The molecule has 2 aromatic rings. The molecule has 0 heterocycles. The van der Waals surface area contributed by atoms with Crippen molar-refractivity contribution in [2.75, 3.05) is 12.4 Å². The highest BCUT2D eigenvalue weighted by Gasteiger charge is 2.08. The second-order valence-corrected chi connectivity index (χ2v) is 5.64. The smallest absolute Gasteiger partial charge is 0.335 e. The highest BCUT2D eigenvalue weighted by Crippen LogP contribution is 2.17. The van der Waals surface area contributed by atoms with E-state index in [4.69, 9.17) is 9.84 Å². The van der Waals surface area contributed by atoms with Crippen molar-refractivity contribution in [3.63, 3.8) is 0 Å². The van der Waals surface area contributed by atoms with Crippen molar-refractivity contribution in [3.05, 3.63) is 65.7 Å². The second kappa shape index (κ2) is 8.37. The number of carboxylic acids is 1. The first-order valence-electron chi connectivity index (χ1n) is 6.84. The van der Waals surface area contributed by atoms with Crippen LogP contribution >= 0.6 is 11.8 Å². The molecule has 0 saturated heterocycles. The Bertz CT molecular complexity index is 569. The molecule has 0 aliphatic rings. The Kier molecular flexibility index (Phi) is 6.16. The topological polar surface area (TPSA) is 46.5 Å². The molecule has 0 aromatic heterocycles. The van der Waals surface area contributed by atoms with Gasteiger partial charge in [-0.05, 0) is 35.9 Å². The molecule has 0 unspecified atom stereocenters. The van der Waals surface area contributed by atoms with Crippen LogP contribution in [0.1, 0.15) is 22.3 Å². The zero-order valence-electron chi connectivity index (χ0n) is 11.7. The van der Waals surface area contributed by atoms with Crippen molar-refractivity contribution in [2.24, 2.45) is 0 Å². The van der Waals surface area contributed by atoms with E-state index in [1.165, 1.54) is 0 Å². The summed E-state index contributed by atoms with van der Waals surface area (Å²) in [4.78, 5) is 11.1. The molecule has 0 radical (unpaired) electrons.